The quantitative estimate of drug-likeness (QED) is 0.871. The SMILES string of the molecule is NCc1cc(Cl)cc(S(=O)(=O)NC2CCSCC2)c1Cl. The first kappa shape index (κ1) is 16.4. The van der Waals surface area contributed by atoms with Crippen molar-refractivity contribution >= 4 is 45.0 Å². The first-order chi connectivity index (χ1) is 9.44. The van der Waals surface area contributed by atoms with Crippen molar-refractivity contribution in [2.24, 2.45) is 5.73 Å². The van der Waals surface area contributed by atoms with E-state index in [2.05, 4.69) is 4.72 Å². The van der Waals surface area contributed by atoms with Crippen LogP contribution in [0.2, 0.25) is 10.0 Å². The van der Waals surface area contributed by atoms with Crippen molar-refractivity contribution < 1.29 is 8.42 Å². The van der Waals surface area contributed by atoms with Crippen molar-refractivity contribution in [2.75, 3.05) is 11.5 Å². The summed E-state index contributed by atoms with van der Waals surface area (Å²) in [6.07, 6.45) is 1.65. The molecule has 0 aliphatic carbocycles. The average molecular weight is 355 g/mol. The molecule has 1 heterocycles. The van der Waals surface area contributed by atoms with Crippen LogP contribution in [0.15, 0.2) is 17.0 Å². The molecule has 1 aromatic rings. The van der Waals surface area contributed by atoms with Gasteiger partial charge in [0.2, 0.25) is 10.0 Å². The van der Waals surface area contributed by atoms with Gasteiger partial charge in [0, 0.05) is 17.6 Å². The molecule has 0 saturated carbocycles. The third-order valence-corrected chi connectivity index (χ3v) is 6.50. The van der Waals surface area contributed by atoms with Gasteiger partial charge < -0.3 is 5.73 Å². The fraction of sp³-hybridized carbons (Fsp3) is 0.500. The summed E-state index contributed by atoms with van der Waals surface area (Å²) < 4.78 is 27.6. The Labute approximate surface area is 133 Å². The topological polar surface area (TPSA) is 72.2 Å². The Balaban J connectivity index is 2.31. The van der Waals surface area contributed by atoms with E-state index in [9.17, 15) is 8.42 Å². The van der Waals surface area contributed by atoms with E-state index < -0.39 is 10.0 Å². The minimum absolute atomic E-state index is 0.00495. The normalized spacial score (nSPS) is 17.4. The number of halogens is 2. The second kappa shape index (κ2) is 6.85. The van der Waals surface area contributed by atoms with Crippen molar-refractivity contribution in [3.8, 4) is 0 Å². The molecule has 3 N–H and O–H groups in total. The molecule has 4 nitrogen and oxygen atoms in total. The molecule has 0 unspecified atom stereocenters. The van der Waals surface area contributed by atoms with Gasteiger partial charge in [0.25, 0.3) is 0 Å². The number of hydrogen-bond acceptors (Lipinski definition) is 4. The van der Waals surface area contributed by atoms with Crippen molar-refractivity contribution in [2.45, 2.75) is 30.3 Å². The first-order valence-corrected chi connectivity index (χ1v) is 9.61. The van der Waals surface area contributed by atoms with E-state index in [-0.39, 0.29) is 22.5 Å². The van der Waals surface area contributed by atoms with Crippen LogP contribution in [0.5, 0.6) is 0 Å². The number of rotatable bonds is 4. The van der Waals surface area contributed by atoms with Crippen LogP contribution in [0.1, 0.15) is 18.4 Å². The van der Waals surface area contributed by atoms with Gasteiger partial charge in [-0.2, -0.15) is 11.8 Å². The summed E-state index contributed by atoms with van der Waals surface area (Å²) in [5.74, 6) is 1.93. The van der Waals surface area contributed by atoms with Gasteiger partial charge in [-0.25, -0.2) is 13.1 Å². The zero-order valence-corrected chi connectivity index (χ0v) is 13.9. The fourth-order valence-corrected chi connectivity index (χ4v) is 5.41. The Bertz CT molecular complexity index is 587. The molecule has 1 aromatic carbocycles. The summed E-state index contributed by atoms with van der Waals surface area (Å²) in [7, 11) is -3.68. The third-order valence-electron chi connectivity index (χ3n) is 3.13. The summed E-state index contributed by atoms with van der Waals surface area (Å²) >= 11 is 13.9. The smallest absolute Gasteiger partial charge is 0.242 e. The number of benzene rings is 1. The molecule has 20 heavy (non-hydrogen) atoms. The van der Waals surface area contributed by atoms with Gasteiger partial charge in [-0.05, 0) is 42.0 Å². The Hall–Kier alpha value is 0.0200. The van der Waals surface area contributed by atoms with E-state index in [1.807, 2.05) is 11.8 Å². The maximum atomic E-state index is 12.4. The zero-order valence-electron chi connectivity index (χ0n) is 10.7. The fourth-order valence-electron chi connectivity index (χ4n) is 2.06. The van der Waals surface area contributed by atoms with Crippen molar-refractivity contribution in [1.29, 1.82) is 0 Å². The molecular weight excluding hydrogens is 339 g/mol. The highest BCUT2D eigenvalue weighted by atomic mass is 35.5. The highest BCUT2D eigenvalue weighted by Crippen LogP contribution is 2.30. The maximum absolute atomic E-state index is 12.4. The lowest BCUT2D eigenvalue weighted by atomic mass is 10.2. The van der Waals surface area contributed by atoms with Crippen LogP contribution in [0.4, 0.5) is 0 Å². The number of nitrogens with one attached hydrogen (secondary N) is 1. The summed E-state index contributed by atoms with van der Waals surface area (Å²) in [5, 5.41) is 0.462. The van der Waals surface area contributed by atoms with Crippen LogP contribution in [-0.4, -0.2) is 26.0 Å². The van der Waals surface area contributed by atoms with Crippen molar-refractivity contribution in [3.05, 3.63) is 27.7 Å². The van der Waals surface area contributed by atoms with Crippen LogP contribution in [0, 0.1) is 0 Å². The van der Waals surface area contributed by atoms with Crippen LogP contribution in [-0.2, 0) is 16.6 Å². The number of sulfonamides is 1. The minimum Gasteiger partial charge on any atom is -0.326 e. The highest BCUT2D eigenvalue weighted by molar-refractivity contribution is 7.99. The number of thioether (sulfide) groups is 1. The second-order valence-corrected chi connectivity index (χ2v) is 8.31. The summed E-state index contributed by atoms with van der Waals surface area (Å²) in [6, 6.07) is 2.90. The molecule has 1 saturated heterocycles. The van der Waals surface area contributed by atoms with Crippen LogP contribution in [0.25, 0.3) is 0 Å². The Morgan fingerprint density at radius 2 is 1.95 bits per heavy atom. The Morgan fingerprint density at radius 3 is 2.55 bits per heavy atom. The molecule has 2 rings (SSSR count). The molecule has 1 aliphatic heterocycles. The Morgan fingerprint density at radius 1 is 1.30 bits per heavy atom. The van der Waals surface area contributed by atoms with Crippen LogP contribution >= 0.6 is 35.0 Å². The van der Waals surface area contributed by atoms with Gasteiger partial charge in [0.1, 0.15) is 4.90 Å². The minimum atomic E-state index is -3.68. The molecule has 0 amide bonds. The largest absolute Gasteiger partial charge is 0.326 e. The monoisotopic (exact) mass is 354 g/mol. The molecule has 0 bridgehead atoms. The van der Waals surface area contributed by atoms with E-state index in [0.29, 0.717) is 10.6 Å². The lowest BCUT2D eigenvalue weighted by Gasteiger charge is -2.23. The summed E-state index contributed by atoms with van der Waals surface area (Å²) in [4.78, 5) is 0.00495. The maximum Gasteiger partial charge on any atom is 0.242 e. The lowest BCUT2D eigenvalue weighted by molar-refractivity contribution is 0.529. The Kier molecular flexibility index (Phi) is 5.62. The molecule has 1 fully saturated rings. The molecule has 0 radical (unpaired) electrons. The summed E-state index contributed by atoms with van der Waals surface area (Å²) in [6.45, 7) is 0.141. The van der Waals surface area contributed by atoms with Gasteiger partial charge in [-0.1, -0.05) is 23.2 Å². The molecule has 0 aromatic heterocycles. The predicted octanol–water partition coefficient (Wildman–Crippen LogP) is 2.63. The van der Waals surface area contributed by atoms with Gasteiger partial charge >= 0.3 is 0 Å². The van der Waals surface area contributed by atoms with Crippen LogP contribution in [0.3, 0.4) is 0 Å². The molecule has 0 atom stereocenters. The van der Waals surface area contributed by atoms with Gasteiger partial charge in [0.15, 0.2) is 0 Å². The molecule has 0 spiro atoms. The van der Waals surface area contributed by atoms with Crippen LogP contribution < -0.4 is 10.5 Å². The standard InChI is InChI=1S/C12H16Cl2N2O2S2/c13-9-5-8(7-15)12(14)11(6-9)20(17,18)16-10-1-3-19-4-2-10/h5-6,10,16H,1-4,7,15H2. The molecular formula is C12H16Cl2N2O2S2. The highest BCUT2D eigenvalue weighted by Gasteiger charge is 2.25. The third kappa shape index (κ3) is 3.81. The van der Waals surface area contributed by atoms with E-state index in [4.69, 9.17) is 28.9 Å². The van der Waals surface area contributed by atoms with Gasteiger partial charge in [0.05, 0.1) is 5.02 Å². The summed E-state index contributed by atoms with van der Waals surface area (Å²) in [5.41, 5.74) is 6.08. The molecule has 112 valence electrons. The predicted molar refractivity (Wildman–Crippen MR) is 85.0 cm³/mol. The lowest BCUT2D eigenvalue weighted by Crippen LogP contribution is -2.37. The zero-order chi connectivity index (χ0) is 14.8. The van der Waals surface area contributed by atoms with Gasteiger partial charge in [-0.3, -0.25) is 0 Å². The van der Waals surface area contributed by atoms with E-state index in [1.165, 1.54) is 6.07 Å². The van der Waals surface area contributed by atoms with E-state index in [1.54, 1.807) is 6.07 Å². The molecule has 8 heteroatoms. The average Bonchev–Trinajstić information content (AvgIpc) is 2.41. The van der Waals surface area contributed by atoms with Crippen molar-refractivity contribution in [1.82, 2.24) is 4.72 Å². The van der Waals surface area contributed by atoms with Gasteiger partial charge in [-0.15, -0.1) is 0 Å². The molecule has 1 aliphatic rings. The van der Waals surface area contributed by atoms with E-state index in [0.717, 1.165) is 24.3 Å². The first-order valence-electron chi connectivity index (χ1n) is 6.22. The second-order valence-electron chi connectivity index (χ2n) is 4.59. The number of nitrogens with two attached hydrogens (primary N) is 1. The van der Waals surface area contributed by atoms with E-state index >= 15 is 0 Å². The number of hydrogen-bond donors (Lipinski definition) is 2. The van der Waals surface area contributed by atoms with Crippen molar-refractivity contribution in [3.63, 3.8) is 0 Å².